The molecule has 0 aromatic heterocycles. The first kappa shape index (κ1) is 23.6. The van der Waals surface area contributed by atoms with Gasteiger partial charge in [0.25, 0.3) is 0 Å². The number of carbonyl (C=O) groups excluding carboxylic acids is 2. The van der Waals surface area contributed by atoms with E-state index in [1.54, 1.807) is 33.4 Å². The van der Waals surface area contributed by atoms with Gasteiger partial charge in [0, 0.05) is 23.4 Å². The van der Waals surface area contributed by atoms with Gasteiger partial charge in [-0.25, -0.2) is 9.59 Å². The van der Waals surface area contributed by atoms with Crippen LogP contribution in [0.1, 0.15) is 30.9 Å². The van der Waals surface area contributed by atoms with Gasteiger partial charge in [-0.2, -0.15) is 0 Å². The summed E-state index contributed by atoms with van der Waals surface area (Å²) >= 11 is 3.48. The Labute approximate surface area is 196 Å². The third-order valence-electron chi connectivity index (χ3n) is 4.96. The molecule has 0 fully saturated rings. The van der Waals surface area contributed by atoms with Crippen LogP contribution in [0.5, 0.6) is 5.75 Å². The standard InChI is InChI=1S/C25H26BrNO5/c1-4-31-24(28)21-15-27(14-17-9-11-20(30-3)12-10-17)16-22(25(29)32-5-2)23(21)18-7-6-8-19(26)13-18/h6-13,15-16,23H,4-5,14H2,1-3H3. The van der Waals surface area contributed by atoms with E-state index in [2.05, 4.69) is 15.9 Å². The van der Waals surface area contributed by atoms with Crippen molar-refractivity contribution in [3.05, 3.63) is 87.7 Å². The molecule has 0 saturated heterocycles. The van der Waals surface area contributed by atoms with Gasteiger partial charge in [-0.1, -0.05) is 40.2 Å². The van der Waals surface area contributed by atoms with Crippen molar-refractivity contribution in [2.45, 2.75) is 26.3 Å². The lowest BCUT2D eigenvalue weighted by Gasteiger charge is -2.30. The molecule has 0 radical (unpaired) electrons. The highest BCUT2D eigenvalue weighted by atomic mass is 79.9. The second-order valence-electron chi connectivity index (χ2n) is 7.12. The summed E-state index contributed by atoms with van der Waals surface area (Å²) in [6.45, 7) is 4.44. The largest absolute Gasteiger partial charge is 0.497 e. The Bertz CT molecular complexity index is 993. The number of hydrogen-bond donors (Lipinski definition) is 0. The third kappa shape index (κ3) is 5.59. The number of ether oxygens (including phenoxy) is 3. The number of esters is 2. The smallest absolute Gasteiger partial charge is 0.336 e. The number of benzene rings is 2. The van der Waals surface area contributed by atoms with Crippen molar-refractivity contribution in [3.63, 3.8) is 0 Å². The van der Waals surface area contributed by atoms with Crippen molar-refractivity contribution >= 4 is 27.9 Å². The Hall–Kier alpha value is -3.06. The molecule has 0 aliphatic carbocycles. The van der Waals surface area contributed by atoms with Gasteiger partial charge in [0.1, 0.15) is 5.75 Å². The van der Waals surface area contributed by atoms with Gasteiger partial charge >= 0.3 is 11.9 Å². The van der Waals surface area contributed by atoms with Crippen LogP contribution < -0.4 is 4.74 Å². The summed E-state index contributed by atoms with van der Waals surface area (Å²) < 4.78 is 16.7. The van der Waals surface area contributed by atoms with E-state index in [0.717, 1.165) is 21.3 Å². The minimum atomic E-state index is -0.599. The van der Waals surface area contributed by atoms with Crippen molar-refractivity contribution in [3.8, 4) is 5.75 Å². The highest BCUT2D eigenvalue weighted by Crippen LogP contribution is 2.38. The molecule has 0 amide bonds. The molecule has 6 nitrogen and oxygen atoms in total. The predicted octanol–water partition coefficient (Wildman–Crippen LogP) is 4.95. The van der Waals surface area contributed by atoms with Crippen LogP contribution in [-0.4, -0.2) is 37.2 Å². The summed E-state index contributed by atoms with van der Waals surface area (Å²) in [5.41, 5.74) is 2.54. The van der Waals surface area contributed by atoms with E-state index in [-0.39, 0.29) is 13.2 Å². The first-order valence-corrected chi connectivity index (χ1v) is 11.2. The molecule has 0 atom stereocenters. The summed E-state index contributed by atoms with van der Waals surface area (Å²) in [4.78, 5) is 27.7. The van der Waals surface area contributed by atoms with Crippen molar-refractivity contribution in [1.82, 2.24) is 4.90 Å². The summed E-state index contributed by atoms with van der Waals surface area (Å²) in [5.74, 6) is -0.774. The first-order chi connectivity index (χ1) is 15.5. The molecule has 32 heavy (non-hydrogen) atoms. The van der Waals surface area contributed by atoms with Gasteiger partial charge in [0.05, 0.1) is 37.4 Å². The zero-order valence-corrected chi connectivity index (χ0v) is 19.9. The van der Waals surface area contributed by atoms with Gasteiger partial charge < -0.3 is 19.1 Å². The molecule has 2 aromatic carbocycles. The molecule has 1 aliphatic heterocycles. The van der Waals surface area contributed by atoms with Crippen LogP contribution in [0.15, 0.2) is 76.5 Å². The van der Waals surface area contributed by atoms with E-state index in [4.69, 9.17) is 14.2 Å². The minimum Gasteiger partial charge on any atom is -0.497 e. The molecule has 3 rings (SSSR count). The average molecular weight is 500 g/mol. The highest BCUT2D eigenvalue weighted by Gasteiger charge is 2.35. The molecule has 7 heteroatoms. The second-order valence-corrected chi connectivity index (χ2v) is 8.03. The maximum atomic E-state index is 12.9. The zero-order chi connectivity index (χ0) is 23.1. The molecule has 168 valence electrons. The molecular formula is C25H26BrNO5. The van der Waals surface area contributed by atoms with Crippen LogP contribution in [0.25, 0.3) is 0 Å². The molecule has 0 spiro atoms. The van der Waals surface area contributed by atoms with Crippen LogP contribution in [0.3, 0.4) is 0 Å². The van der Waals surface area contributed by atoms with E-state index in [1.165, 1.54) is 0 Å². The van der Waals surface area contributed by atoms with E-state index < -0.39 is 17.9 Å². The third-order valence-corrected chi connectivity index (χ3v) is 5.45. The molecule has 1 aliphatic rings. The van der Waals surface area contributed by atoms with Gasteiger partial charge in [-0.3, -0.25) is 0 Å². The molecule has 2 aromatic rings. The summed E-state index contributed by atoms with van der Waals surface area (Å²) in [6, 6.07) is 15.2. The van der Waals surface area contributed by atoms with Crippen molar-refractivity contribution in [1.29, 1.82) is 0 Å². The fraction of sp³-hybridized carbons (Fsp3) is 0.280. The zero-order valence-electron chi connectivity index (χ0n) is 18.3. The number of rotatable bonds is 8. The lowest BCUT2D eigenvalue weighted by Crippen LogP contribution is -2.29. The van der Waals surface area contributed by atoms with E-state index in [0.29, 0.717) is 17.7 Å². The molecule has 0 N–H and O–H groups in total. The molecular weight excluding hydrogens is 474 g/mol. The fourth-order valence-corrected chi connectivity index (χ4v) is 3.98. The van der Waals surface area contributed by atoms with E-state index in [9.17, 15) is 9.59 Å². The van der Waals surface area contributed by atoms with Gasteiger partial charge in [0.2, 0.25) is 0 Å². The second kappa shape index (κ2) is 11.0. The molecule has 0 saturated carbocycles. The Morgan fingerprint density at radius 1 is 0.938 bits per heavy atom. The monoisotopic (exact) mass is 499 g/mol. The highest BCUT2D eigenvalue weighted by molar-refractivity contribution is 9.10. The Balaban J connectivity index is 2.05. The number of carbonyl (C=O) groups is 2. The molecule has 0 unspecified atom stereocenters. The van der Waals surface area contributed by atoms with Gasteiger partial charge in [0.15, 0.2) is 0 Å². The summed E-state index contributed by atoms with van der Waals surface area (Å²) in [5, 5.41) is 0. The lowest BCUT2D eigenvalue weighted by atomic mass is 9.83. The first-order valence-electron chi connectivity index (χ1n) is 10.4. The Morgan fingerprint density at radius 2 is 1.53 bits per heavy atom. The summed E-state index contributed by atoms with van der Waals surface area (Å²) in [7, 11) is 1.62. The average Bonchev–Trinajstić information content (AvgIpc) is 2.79. The quantitative estimate of drug-likeness (QED) is 0.478. The number of hydrogen-bond acceptors (Lipinski definition) is 6. The Morgan fingerprint density at radius 3 is 2.03 bits per heavy atom. The predicted molar refractivity (Wildman–Crippen MR) is 125 cm³/mol. The topological polar surface area (TPSA) is 65.1 Å². The molecule has 1 heterocycles. The lowest BCUT2D eigenvalue weighted by molar-refractivity contribution is -0.139. The normalized spacial score (nSPS) is 13.8. The number of halogens is 1. The summed E-state index contributed by atoms with van der Waals surface area (Å²) in [6.07, 6.45) is 3.49. The maximum absolute atomic E-state index is 12.9. The van der Waals surface area contributed by atoms with Crippen LogP contribution in [0.4, 0.5) is 0 Å². The minimum absolute atomic E-state index is 0.234. The van der Waals surface area contributed by atoms with Crippen molar-refractivity contribution in [2.24, 2.45) is 0 Å². The number of nitrogens with zero attached hydrogens (tertiary/aromatic N) is 1. The van der Waals surface area contributed by atoms with Crippen LogP contribution in [0, 0.1) is 0 Å². The molecule has 0 bridgehead atoms. The van der Waals surface area contributed by atoms with Gasteiger partial charge in [-0.15, -0.1) is 0 Å². The van der Waals surface area contributed by atoms with E-state index >= 15 is 0 Å². The fourth-order valence-electron chi connectivity index (χ4n) is 3.56. The van der Waals surface area contributed by atoms with Crippen molar-refractivity contribution < 1.29 is 23.8 Å². The Kier molecular flexibility index (Phi) is 8.11. The van der Waals surface area contributed by atoms with Crippen LogP contribution in [0.2, 0.25) is 0 Å². The van der Waals surface area contributed by atoms with Gasteiger partial charge in [-0.05, 0) is 49.2 Å². The number of methoxy groups -OCH3 is 1. The van der Waals surface area contributed by atoms with E-state index in [1.807, 2.05) is 53.4 Å². The van der Waals surface area contributed by atoms with Crippen LogP contribution in [-0.2, 0) is 25.6 Å². The van der Waals surface area contributed by atoms with Crippen LogP contribution >= 0.6 is 15.9 Å². The maximum Gasteiger partial charge on any atom is 0.336 e. The van der Waals surface area contributed by atoms with Crippen molar-refractivity contribution in [2.75, 3.05) is 20.3 Å². The SMILES string of the molecule is CCOC(=O)C1=CN(Cc2ccc(OC)cc2)C=C(C(=O)OCC)C1c1cccc(Br)c1.